The third-order valence-corrected chi connectivity index (χ3v) is 3.96. The highest BCUT2D eigenvalue weighted by atomic mass is 127. The van der Waals surface area contributed by atoms with E-state index in [4.69, 9.17) is 0 Å². The fraction of sp³-hybridized carbons (Fsp3) is 0.500. The average Bonchev–Trinajstić information content (AvgIpc) is 2.15. The molecule has 1 aliphatic heterocycles. The molecule has 0 bridgehead atoms. The van der Waals surface area contributed by atoms with Crippen molar-refractivity contribution in [3.8, 4) is 0 Å². The maximum absolute atomic E-state index is 3.38. The summed E-state index contributed by atoms with van der Waals surface area (Å²) in [6.07, 6.45) is 2.51. The van der Waals surface area contributed by atoms with E-state index in [1.165, 1.54) is 35.1 Å². The second-order valence-electron chi connectivity index (χ2n) is 4.26. The molecule has 0 aromatic heterocycles. The fourth-order valence-corrected chi connectivity index (χ4v) is 2.37. The standard InChI is InChI=1S/C12H16IN/c1-2-12(8-14-9-12)7-10-3-5-11(13)6-4-10/h3-6,14H,2,7-9H2,1H3. The van der Waals surface area contributed by atoms with Gasteiger partial charge in [-0.15, -0.1) is 0 Å². The number of rotatable bonds is 3. The molecule has 1 N–H and O–H groups in total. The van der Waals surface area contributed by atoms with Crippen LogP contribution in [0.15, 0.2) is 24.3 Å². The van der Waals surface area contributed by atoms with Crippen molar-refractivity contribution in [2.75, 3.05) is 13.1 Å². The van der Waals surface area contributed by atoms with E-state index in [-0.39, 0.29) is 0 Å². The van der Waals surface area contributed by atoms with Gasteiger partial charge in [-0.25, -0.2) is 0 Å². The third kappa shape index (κ3) is 2.11. The van der Waals surface area contributed by atoms with Crippen LogP contribution in [0, 0.1) is 8.99 Å². The molecule has 1 aromatic rings. The molecule has 1 nitrogen and oxygen atoms in total. The number of hydrogen-bond donors (Lipinski definition) is 1. The van der Waals surface area contributed by atoms with Crippen LogP contribution in [0.1, 0.15) is 18.9 Å². The SMILES string of the molecule is CCC1(Cc2ccc(I)cc2)CNC1. The summed E-state index contributed by atoms with van der Waals surface area (Å²) >= 11 is 2.35. The Balaban J connectivity index is 2.06. The third-order valence-electron chi connectivity index (χ3n) is 3.24. The minimum Gasteiger partial charge on any atom is -0.316 e. The van der Waals surface area contributed by atoms with Gasteiger partial charge in [0.1, 0.15) is 0 Å². The van der Waals surface area contributed by atoms with Crippen molar-refractivity contribution < 1.29 is 0 Å². The minimum atomic E-state index is 0.548. The molecule has 2 heteroatoms. The van der Waals surface area contributed by atoms with Gasteiger partial charge in [0.15, 0.2) is 0 Å². The van der Waals surface area contributed by atoms with Crippen molar-refractivity contribution in [2.24, 2.45) is 5.41 Å². The van der Waals surface area contributed by atoms with Gasteiger partial charge in [0.05, 0.1) is 0 Å². The topological polar surface area (TPSA) is 12.0 Å². The molecule has 0 spiro atoms. The Morgan fingerprint density at radius 3 is 2.36 bits per heavy atom. The first-order chi connectivity index (χ1) is 6.74. The highest BCUT2D eigenvalue weighted by Crippen LogP contribution is 2.31. The number of hydrogen-bond acceptors (Lipinski definition) is 1. The summed E-state index contributed by atoms with van der Waals surface area (Å²) in [5.41, 5.74) is 2.03. The van der Waals surface area contributed by atoms with Gasteiger partial charge in [-0.1, -0.05) is 19.1 Å². The Labute approximate surface area is 99.4 Å². The maximum Gasteiger partial charge on any atom is 0.0130 e. The Kier molecular flexibility index (Phi) is 3.12. The fourth-order valence-electron chi connectivity index (χ4n) is 2.01. The monoisotopic (exact) mass is 301 g/mol. The quantitative estimate of drug-likeness (QED) is 0.847. The van der Waals surface area contributed by atoms with E-state index in [9.17, 15) is 0 Å². The first-order valence-electron chi connectivity index (χ1n) is 5.19. The molecule has 1 aromatic carbocycles. The van der Waals surface area contributed by atoms with Gasteiger partial charge in [-0.3, -0.25) is 0 Å². The second-order valence-corrected chi connectivity index (χ2v) is 5.51. The summed E-state index contributed by atoms with van der Waals surface area (Å²) in [6.45, 7) is 4.68. The Morgan fingerprint density at radius 1 is 1.29 bits per heavy atom. The van der Waals surface area contributed by atoms with E-state index in [2.05, 4.69) is 59.1 Å². The molecule has 0 unspecified atom stereocenters. The summed E-state index contributed by atoms with van der Waals surface area (Å²) in [5, 5.41) is 3.38. The van der Waals surface area contributed by atoms with Gasteiger partial charge in [-0.05, 0) is 58.5 Å². The van der Waals surface area contributed by atoms with E-state index in [0.717, 1.165) is 0 Å². The van der Waals surface area contributed by atoms with E-state index in [1.807, 2.05) is 0 Å². The Hall–Kier alpha value is -0.0900. The average molecular weight is 301 g/mol. The highest BCUT2D eigenvalue weighted by Gasteiger charge is 2.34. The minimum absolute atomic E-state index is 0.548. The lowest BCUT2D eigenvalue weighted by molar-refractivity contribution is 0.160. The summed E-state index contributed by atoms with van der Waals surface area (Å²) < 4.78 is 1.32. The lowest BCUT2D eigenvalue weighted by atomic mass is 9.74. The summed E-state index contributed by atoms with van der Waals surface area (Å²) in [4.78, 5) is 0. The van der Waals surface area contributed by atoms with Crippen LogP contribution < -0.4 is 5.32 Å². The molecule has 14 heavy (non-hydrogen) atoms. The van der Waals surface area contributed by atoms with Crippen LogP contribution in [-0.4, -0.2) is 13.1 Å². The molecule has 76 valence electrons. The van der Waals surface area contributed by atoms with Crippen LogP contribution in [-0.2, 0) is 6.42 Å². The normalized spacial score (nSPS) is 19.0. The lowest BCUT2D eigenvalue weighted by Gasteiger charge is -2.42. The largest absolute Gasteiger partial charge is 0.316 e. The Morgan fingerprint density at radius 2 is 1.93 bits per heavy atom. The molecule has 1 aliphatic rings. The van der Waals surface area contributed by atoms with Gasteiger partial charge < -0.3 is 5.32 Å². The second kappa shape index (κ2) is 4.19. The summed E-state index contributed by atoms with van der Waals surface area (Å²) in [5.74, 6) is 0. The molecule has 0 atom stereocenters. The predicted molar refractivity (Wildman–Crippen MR) is 68.5 cm³/mol. The van der Waals surface area contributed by atoms with Crippen LogP contribution in [0.25, 0.3) is 0 Å². The number of benzene rings is 1. The predicted octanol–water partition coefficient (Wildman–Crippen LogP) is 2.83. The number of halogens is 1. The molecule has 2 rings (SSSR count). The molecule has 1 saturated heterocycles. The van der Waals surface area contributed by atoms with Crippen LogP contribution in [0.3, 0.4) is 0 Å². The molecule has 0 saturated carbocycles. The van der Waals surface area contributed by atoms with E-state index < -0.39 is 0 Å². The van der Waals surface area contributed by atoms with Gasteiger partial charge in [0, 0.05) is 16.7 Å². The van der Waals surface area contributed by atoms with Crippen LogP contribution in [0.4, 0.5) is 0 Å². The Bertz CT molecular complexity index is 295. The van der Waals surface area contributed by atoms with Crippen molar-refractivity contribution in [1.82, 2.24) is 5.32 Å². The zero-order chi connectivity index (χ0) is 10.0. The molecule has 1 heterocycles. The summed E-state index contributed by atoms with van der Waals surface area (Å²) in [7, 11) is 0. The van der Waals surface area contributed by atoms with E-state index >= 15 is 0 Å². The molecular weight excluding hydrogens is 285 g/mol. The van der Waals surface area contributed by atoms with Crippen LogP contribution >= 0.6 is 22.6 Å². The smallest absolute Gasteiger partial charge is 0.0130 e. The van der Waals surface area contributed by atoms with Crippen LogP contribution in [0.5, 0.6) is 0 Å². The molecular formula is C12H16IN. The van der Waals surface area contributed by atoms with Crippen molar-refractivity contribution in [2.45, 2.75) is 19.8 Å². The number of nitrogens with one attached hydrogen (secondary N) is 1. The van der Waals surface area contributed by atoms with Crippen molar-refractivity contribution in [1.29, 1.82) is 0 Å². The van der Waals surface area contributed by atoms with Gasteiger partial charge >= 0.3 is 0 Å². The molecule has 0 amide bonds. The van der Waals surface area contributed by atoms with Crippen molar-refractivity contribution in [3.05, 3.63) is 33.4 Å². The zero-order valence-electron chi connectivity index (χ0n) is 8.52. The zero-order valence-corrected chi connectivity index (χ0v) is 10.7. The van der Waals surface area contributed by atoms with E-state index in [0.29, 0.717) is 5.41 Å². The highest BCUT2D eigenvalue weighted by molar-refractivity contribution is 14.1. The first-order valence-corrected chi connectivity index (χ1v) is 6.27. The maximum atomic E-state index is 3.38. The first kappa shape index (κ1) is 10.4. The van der Waals surface area contributed by atoms with E-state index in [1.54, 1.807) is 0 Å². The van der Waals surface area contributed by atoms with Gasteiger partial charge in [0.25, 0.3) is 0 Å². The lowest BCUT2D eigenvalue weighted by Crippen LogP contribution is -2.54. The molecule has 1 fully saturated rings. The van der Waals surface area contributed by atoms with Crippen LogP contribution in [0.2, 0.25) is 0 Å². The molecule has 0 radical (unpaired) electrons. The molecule has 0 aliphatic carbocycles. The van der Waals surface area contributed by atoms with Gasteiger partial charge in [0.2, 0.25) is 0 Å². The van der Waals surface area contributed by atoms with Crippen molar-refractivity contribution >= 4 is 22.6 Å². The summed E-state index contributed by atoms with van der Waals surface area (Å²) in [6, 6.07) is 8.92. The van der Waals surface area contributed by atoms with Crippen molar-refractivity contribution in [3.63, 3.8) is 0 Å². The van der Waals surface area contributed by atoms with Gasteiger partial charge in [-0.2, -0.15) is 0 Å².